The molecule has 0 amide bonds. The molecule has 0 aliphatic rings. The van der Waals surface area contributed by atoms with Gasteiger partial charge in [-0.2, -0.15) is 0 Å². The molecule has 78 valence electrons. The third-order valence-corrected chi connectivity index (χ3v) is 2.27. The zero-order valence-corrected chi connectivity index (χ0v) is 9.71. The molecular weight excluding hydrogens is 196 g/mol. The Morgan fingerprint density at radius 3 is 2.21 bits per heavy atom. The summed E-state index contributed by atoms with van der Waals surface area (Å²) in [6.45, 7) is 7.15. The van der Waals surface area contributed by atoms with Crippen LogP contribution in [0.25, 0.3) is 0 Å². The van der Waals surface area contributed by atoms with Crippen molar-refractivity contribution in [2.45, 2.75) is 26.9 Å². The van der Waals surface area contributed by atoms with Crippen LogP contribution in [0.5, 0.6) is 0 Å². The van der Waals surface area contributed by atoms with Crippen LogP contribution in [0.1, 0.15) is 32.4 Å². The first-order valence-corrected chi connectivity index (χ1v) is 5.34. The van der Waals surface area contributed by atoms with Gasteiger partial charge < -0.3 is 4.74 Å². The molecule has 0 aliphatic carbocycles. The van der Waals surface area contributed by atoms with E-state index in [0.29, 0.717) is 5.92 Å². The first-order valence-electron chi connectivity index (χ1n) is 4.96. The quantitative estimate of drug-likeness (QED) is 0.731. The molecule has 1 rings (SSSR count). The Bertz CT molecular complexity index is 266. The summed E-state index contributed by atoms with van der Waals surface area (Å²) in [5.74, 6) is 0.574. The summed E-state index contributed by atoms with van der Waals surface area (Å²) in [7, 11) is 0. The van der Waals surface area contributed by atoms with Crippen molar-refractivity contribution in [3.05, 3.63) is 34.9 Å². The largest absolute Gasteiger partial charge is 0.374 e. The van der Waals surface area contributed by atoms with E-state index in [1.807, 2.05) is 24.3 Å². The second-order valence-electron chi connectivity index (χ2n) is 3.92. The fraction of sp³-hybridized carbons (Fsp3) is 0.500. The summed E-state index contributed by atoms with van der Waals surface area (Å²) < 4.78 is 5.69. The van der Waals surface area contributed by atoms with Gasteiger partial charge in [0.05, 0.1) is 6.10 Å². The van der Waals surface area contributed by atoms with Crippen molar-refractivity contribution >= 4 is 11.6 Å². The van der Waals surface area contributed by atoms with E-state index in [1.165, 1.54) is 5.56 Å². The molecule has 0 fully saturated rings. The van der Waals surface area contributed by atoms with Gasteiger partial charge in [0.2, 0.25) is 0 Å². The molecule has 14 heavy (non-hydrogen) atoms. The van der Waals surface area contributed by atoms with Gasteiger partial charge in [0.15, 0.2) is 0 Å². The molecule has 1 unspecified atom stereocenters. The summed E-state index contributed by atoms with van der Waals surface area (Å²) in [4.78, 5) is 0. The van der Waals surface area contributed by atoms with Crippen LogP contribution in [-0.2, 0) is 4.74 Å². The number of ether oxygens (including phenoxy) is 1. The molecule has 0 spiro atoms. The van der Waals surface area contributed by atoms with E-state index in [-0.39, 0.29) is 6.10 Å². The van der Waals surface area contributed by atoms with E-state index in [0.717, 1.165) is 11.6 Å². The number of halogens is 1. The minimum Gasteiger partial charge on any atom is -0.374 e. The molecule has 0 aromatic heterocycles. The molecule has 0 bridgehead atoms. The molecule has 1 aromatic carbocycles. The predicted octanol–water partition coefficient (Wildman–Crippen LogP) is 4.07. The van der Waals surface area contributed by atoms with Crippen LogP contribution in [0, 0.1) is 5.92 Å². The number of benzene rings is 1. The average Bonchev–Trinajstić information content (AvgIpc) is 2.15. The predicted molar refractivity (Wildman–Crippen MR) is 60.7 cm³/mol. The Hall–Kier alpha value is -0.530. The first-order chi connectivity index (χ1) is 6.59. The standard InChI is InChI=1S/C12H17ClO/c1-9(2)8-14-10(3)11-4-6-12(13)7-5-11/h4-7,9-10H,8H2,1-3H3. The molecule has 0 saturated carbocycles. The lowest BCUT2D eigenvalue weighted by atomic mass is 10.1. The van der Waals surface area contributed by atoms with Gasteiger partial charge in [-0.15, -0.1) is 0 Å². The van der Waals surface area contributed by atoms with Gasteiger partial charge in [-0.25, -0.2) is 0 Å². The fourth-order valence-corrected chi connectivity index (χ4v) is 1.29. The molecule has 1 nitrogen and oxygen atoms in total. The van der Waals surface area contributed by atoms with Crippen molar-refractivity contribution in [1.82, 2.24) is 0 Å². The van der Waals surface area contributed by atoms with Crippen molar-refractivity contribution < 1.29 is 4.74 Å². The topological polar surface area (TPSA) is 9.23 Å². The molecule has 0 saturated heterocycles. The van der Waals surface area contributed by atoms with E-state index in [4.69, 9.17) is 16.3 Å². The van der Waals surface area contributed by atoms with Crippen LogP contribution < -0.4 is 0 Å². The smallest absolute Gasteiger partial charge is 0.0796 e. The summed E-state index contributed by atoms with van der Waals surface area (Å²) in [5.41, 5.74) is 1.18. The van der Waals surface area contributed by atoms with Crippen molar-refractivity contribution in [1.29, 1.82) is 0 Å². The van der Waals surface area contributed by atoms with Crippen molar-refractivity contribution in [2.24, 2.45) is 5.92 Å². The average molecular weight is 213 g/mol. The monoisotopic (exact) mass is 212 g/mol. The van der Waals surface area contributed by atoms with E-state index >= 15 is 0 Å². The number of hydrogen-bond donors (Lipinski definition) is 0. The highest BCUT2D eigenvalue weighted by Gasteiger charge is 2.05. The van der Waals surface area contributed by atoms with Crippen LogP contribution in [0.3, 0.4) is 0 Å². The maximum Gasteiger partial charge on any atom is 0.0796 e. The van der Waals surface area contributed by atoms with Gasteiger partial charge in [0.1, 0.15) is 0 Å². The van der Waals surface area contributed by atoms with Crippen LogP contribution >= 0.6 is 11.6 Å². The van der Waals surface area contributed by atoms with Gasteiger partial charge in [-0.3, -0.25) is 0 Å². The van der Waals surface area contributed by atoms with Gasteiger partial charge >= 0.3 is 0 Å². The van der Waals surface area contributed by atoms with Crippen molar-refractivity contribution in [2.75, 3.05) is 6.61 Å². The zero-order valence-electron chi connectivity index (χ0n) is 8.96. The van der Waals surface area contributed by atoms with Gasteiger partial charge in [0, 0.05) is 11.6 Å². The maximum absolute atomic E-state index is 5.80. The maximum atomic E-state index is 5.80. The molecule has 0 radical (unpaired) electrons. The number of hydrogen-bond acceptors (Lipinski definition) is 1. The molecular formula is C12H17ClO. The van der Waals surface area contributed by atoms with Crippen LogP contribution in [-0.4, -0.2) is 6.61 Å². The first kappa shape index (κ1) is 11.5. The van der Waals surface area contributed by atoms with E-state index in [9.17, 15) is 0 Å². The molecule has 0 heterocycles. The van der Waals surface area contributed by atoms with Crippen LogP contribution in [0.2, 0.25) is 5.02 Å². The Kier molecular flexibility index (Phi) is 4.43. The van der Waals surface area contributed by atoms with Crippen LogP contribution in [0.15, 0.2) is 24.3 Å². The molecule has 1 atom stereocenters. The fourth-order valence-electron chi connectivity index (χ4n) is 1.17. The highest BCUT2D eigenvalue weighted by Crippen LogP contribution is 2.19. The summed E-state index contributed by atoms with van der Waals surface area (Å²) in [6, 6.07) is 7.80. The molecule has 0 aliphatic heterocycles. The highest BCUT2D eigenvalue weighted by atomic mass is 35.5. The van der Waals surface area contributed by atoms with Crippen molar-refractivity contribution in [3.63, 3.8) is 0 Å². The second kappa shape index (κ2) is 5.38. The normalized spacial score (nSPS) is 13.2. The minimum atomic E-state index is 0.148. The van der Waals surface area contributed by atoms with E-state index in [2.05, 4.69) is 20.8 Å². The zero-order chi connectivity index (χ0) is 10.6. The van der Waals surface area contributed by atoms with Crippen LogP contribution in [0.4, 0.5) is 0 Å². The van der Waals surface area contributed by atoms with Gasteiger partial charge in [0.25, 0.3) is 0 Å². The second-order valence-corrected chi connectivity index (χ2v) is 4.36. The number of rotatable bonds is 4. The summed E-state index contributed by atoms with van der Waals surface area (Å²) in [5, 5.41) is 0.768. The minimum absolute atomic E-state index is 0.148. The summed E-state index contributed by atoms with van der Waals surface area (Å²) >= 11 is 5.80. The Labute approximate surface area is 91.0 Å². The van der Waals surface area contributed by atoms with Crippen molar-refractivity contribution in [3.8, 4) is 0 Å². The Balaban J connectivity index is 2.52. The van der Waals surface area contributed by atoms with E-state index < -0.39 is 0 Å². The molecule has 1 aromatic rings. The lowest BCUT2D eigenvalue weighted by Crippen LogP contribution is -2.06. The van der Waals surface area contributed by atoms with Gasteiger partial charge in [-0.1, -0.05) is 37.6 Å². The summed E-state index contributed by atoms with van der Waals surface area (Å²) in [6.07, 6.45) is 0.148. The lowest BCUT2D eigenvalue weighted by Gasteiger charge is -2.15. The molecule has 0 N–H and O–H groups in total. The Morgan fingerprint density at radius 1 is 1.14 bits per heavy atom. The highest BCUT2D eigenvalue weighted by molar-refractivity contribution is 6.30. The Morgan fingerprint density at radius 2 is 1.71 bits per heavy atom. The lowest BCUT2D eigenvalue weighted by molar-refractivity contribution is 0.0470. The van der Waals surface area contributed by atoms with E-state index in [1.54, 1.807) is 0 Å². The third kappa shape index (κ3) is 3.69. The molecule has 2 heteroatoms. The van der Waals surface area contributed by atoms with Gasteiger partial charge in [-0.05, 0) is 30.5 Å². The SMILES string of the molecule is CC(C)COC(C)c1ccc(Cl)cc1. The third-order valence-electron chi connectivity index (χ3n) is 2.02.